The molecule has 19 heavy (non-hydrogen) atoms. The Balaban J connectivity index is 1.92. The molecule has 0 N–H and O–H groups in total. The summed E-state index contributed by atoms with van der Waals surface area (Å²) in [5, 5.41) is 0. The maximum atomic E-state index is 5.87. The van der Waals surface area contributed by atoms with Crippen LogP contribution in [0.3, 0.4) is 0 Å². The number of benzene rings is 2. The average molecular weight is 254 g/mol. The number of hydrogen-bond acceptors (Lipinski definition) is 1. The van der Waals surface area contributed by atoms with E-state index in [4.69, 9.17) is 4.74 Å². The van der Waals surface area contributed by atoms with Gasteiger partial charge in [0.15, 0.2) is 0 Å². The van der Waals surface area contributed by atoms with E-state index < -0.39 is 0 Å². The van der Waals surface area contributed by atoms with Gasteiger partial charge in [-0.15, -0.1) is 0 Å². The first-order valence-electron chi connectivity index (χ1n) is 6.77. The molecule has 0 bridgehead atoms. The zero-order valence-electron chi connectivity index (χ0n) is 12.0. The molecule has 0 aromatic heterocycles. The number of aryl methyl sites for hydroxylation is 1. The van der Waals surface area contributed by atoms with Gasteiger partial charge in [0.1, 0.15) is 0 Å². The van der Waals surface area contributed by atoms with Crippen molar-refractivity contribution in [1.82, 2.24) is 0 Å². The van der Waals surface area contributed by atoms with Gasteiger partial charge in [-0.3, -0.25) is 0 Å². The normalized spacial score (nSPS) is 11.5. The third-order valence-corrected chi connectivity index (χ3v) is 3.41. The standard InChI is InChI=1S/C18H22O/c1-15-9-11-17(12-10-15)18(2,3)14-19-13-16-7-5-4-6-8-16/h4-12H,13-14H2,1-3H3. The van der Waals surface area contributed by atoms with Crippen LogP contribution in [-0.4, -0.2) is 6.61 Å². The smallest absolute Gasteiger partial charge is 0.0717 e. The minimum absolute atomic E-state index is 0.0441. The monoisotopic (exact) mass is 254 g/mol. The molecule has 0 saturated heterocycles. The molecule has 0 unspecified atom stereocenters. The quantitative estimate of drug-likeness (QED) is 0.764. The van der Waals surface area contributed by atoms with Crippen molar-refractivity contribution in [2.75, 3.05) is 6.61 Å². The SMILES string of the molecule is Cc1ccc(C(C)(C)COCc2ccccc2)cc1. The van der Waals surface area contributed by atoms with Crippen LogP contribution in [-0.2, 0) is 16.8 Å². The summed E-state index contributed by atoms with van der Waals surface area (Å²) in [4.78, 5) is 0. The summed E-state index contributed by atoms with van der Waals surface area (Å²) in [6, 6.07) is 19.0. The molecule has 0 aliphatic heterocycles. The summed E-state index contributed by atoms with van der Waals surface area (Å²) >= 11 is 0. The number of ether oxygens (including phenoxy) is 1. The molecule has 1 nitrogen and oxygen atoms in total. The van der Waals surface area contributed by atoms with Crippen molar-refractivity contribution in [2.24, 2.45) is 0 Å². The summed E-state index contributed by atoms with van der Waals surface area (Å²) in [5.74, 6) is 0. The molecule has 1 heteroatoms. The topological polar surface area (TPSA) is 9.23 Å². The minimum atomic E-state index is 0.0441. The fraction of sp³-hybridized carbons (Fsp3) is 0.333. The first-order chi connectivity index (χ1) is 9.08. The molecule has 0 atom stereocenters. The van der Waals surface area contributed by atoms with Crippen LogP contribution in [0.2, 0.25) is 0 Å². The number of rotatable bonds is 5. The third kappa shape index (κ3) is 3.93. The van der Waals surface area contributed by atoms with E-state index >= 15 is 0 Å². The average Bonchev–Trinajstić information content (AvgIpc) is 2.40. The van der Waals surface area contributed by atoms with Gasteiger partial charge < -0.3 is 4.74 Å². The largest absolute Gasteiger partial charge is 0.376 e. The minimum Gasteiger partial charge on any atom is -0.376 e. The Morgan fingerprint density at radius 1 is 0.895 bits per heavy atom. The van der Waals surface area contributed by atoms with Gasteiger partial charge in [0.05, 0.1) is 13.2 Å². The van der Waals surface area contributed by atoms with Crippen molar-refractivity contribution in [3.05, 3.63) is 71.3 Å². The summed E-state index contributed by atoms with van der Waals surface area (Å²) in [6.07, 6.45) is 0. The second-order valence-electron chi connectivity index (χ2n) is 5.73. The lowest BCUT2D eigenvalue weighted by atomic mass is 9.85. The molecule has 0 saturated carbocycles. The first kappa shape index (κ1) is 13.8. The molecule has 0 heterocycles. The molecule has 0 amide bonds. The molecule has 2 aromatic carbocycles. The van der Waals surface area contributed by atoms with Gasteiger partial charge in [-0.2, -0.15) is 0 Å². The summed E-state index contributed by atoms with van der Waals surface area (Å²) in [7, 11) is 0. The Labute approximate surface area is 116 Å². The summed E-state index contributed by atoms with van der Waals surface area (Å²) in [5.41, 5.74) is 3.89. The molecular formula is C18H22O. The predicted molar refractivity (Wildman–Crippen MR) is 80.3 cm³/mol. The third-order valence-electron chi connectivity index (χ3n) is 3.41. The predicted octanol–water partition coefficient (Wildman–Crippen LogP) is 4.49. The lowest BCUT2D eigenvalue weighted by Gasteiger charge is -2.25. The van der Waals surface area contributed by atoms with Crippen LogP contribution in [0.5, 0.6) is 0 Å². The van der Waals surface area contributed by atoms with Crippen LogP contribution >= 0.6 is 0 Å². The maximum Gasteiger partial charge on any atom is 0.0717 e. The van der Waals surface area contributed by atoms with Crippen LogP contribution in [0.1, 0.15) is 30.5 Å². The van der Waals surface area contributed by atoms with Crippen molar-refractivity contribution in [3.8, 4) is 0 Å². The van der Waals surface area contributed by atoms with Gasteiger partial charge in [-0.1, -0.05) is 74.0 Å². The van der Waals surface area contributed by atoms with Gasteiger partial charge in [0.25, 0.3) is 0 Å². The Bertz CT molecular complexity index is 497. The molecule has 0 fully saturated rings. The van der Waals surface area contributed by atoms with E-state index in [9.17, 15) is 0 Å². The van der Waals surface area contributed by atoms with E-state index in [1.54, 1.807) is 0 Å². The molecule has 0 spiro atoms. The van der Waals surface area contributed by atoms with Crippen LogP contribution < -0.4 is 0 Å². The molecule has 2 aromatic rings. The Kier molecular flexibility index (Phi) is 4.39. The fourth-order valence-electron chi connectivity index (χ4n) is 2.09. The molecule has 0 aliphatic carbocycles. The van der Waals surface area contributed by atoms with Crippen molar-refractivity contribution >= 4 is 0 Å². The highest BCUT2D eigenvalue weighted by Gasteiger charge is 2.20. The highest BCUT2D eigenvalue weighted by Crippen LogP contribution is 2.24. The van der Waals surface area contributed by atoms with Gasteiger partial charge in [0, 0.05) is 5.41 Å². The molecule has 100 valence electrons. The second-order valence-corrected chi connectivity index (χ2v) is 5.73. The van der Waals surface area contributed by atoms with Gasteiger partial charge in [-0.25, -0.2) is 0 Å². The second kappa shape index (κ2) is 6.03. The first-order valence-corrected chi connectivity index (χ1v) is 6.77. The van der Waals surface area contributed by atoms with Crippen LogP contribution in [0.4, 0.5) is 0 Å². The summed E-state index contributed by atoms with van der Waals surface area (Å²) < 4.78 is 5.87. The summed E-state index contributed by atoms with van der Waals surface area (Å²) in [6.45, 7) is 7.97. The maximum absolute atomic E-state index is 5.87. The van der Waals surface area contributed by atoms with E-state index in [0.717, 1.165) is 6.61 Å². The van der Waals surface area contributed by atoms with E-state index in [2.05, 4.69) is 57.2 Å². The van der Waals surface area contributed by atoms with Crippen LogP contribution in [0, 0.1) is 6.92 Å². The van der Waals surface area contributed by atoms with Crippen molar-refractivity contribution in [2.45, 2.75) is 32.8 Å². The van der Waals surface area contributed by atoms with E-state index in [0.29, 0.717) is 6.61 Å². The van der Waals surface area contributed by atoms with Gasteiger partial charge in [-0.05, 0) is 18.1 Å². The van der Waals surface area contributed by atoms with Crippen LogP contribution in [0.25, 0.3) is 0 Å². The molecular weight excluding hydrogens is 232 g/mol. The van der Waals surface area contributed by atoms with Crippen molar-refractivity contribution < 1.29 is 4.74 Å². The Morgan fingerprint density at radius 3 is 2.16 bits per heavy atom. The fourth-order valence-corrected chi connectivity index (χ4v) is 2.09. The lowest BCUT2D eigenvalue weighted by molar-refractivity contribution is 0.0825. The van der Waals surface area contributed by atoms with E-state index in [-0.39, 0.29) is 5.41 Å². The van der Waals surface area contributed by atoms with Gasteiger partial charge in [0.2, 0.25) is 0 Å². The van der Waals surface area contributed by atoms with Crippen LogP contribution in [0.15, 0.2) is 54.6 Å². The lowest BCUT2D eigenvalue weighted by Crippen LogP contribution is -2.24. The van der Waals surface area contributed by atoms with Crippen molar-refractivity contribution in [3.63, 3.8) is 0 Å². The highest BCUT2D eigenvalue weighted by molar-refractivity contribution is 5.27. The highest BCUT2D eigenvalue weighted by atomic mass is 16.5. The van der Waals surface area contributed by atoms with Gasteiger partial charge >= 0.3 is 0 Å². The number of hydrogen-bond donors (Lipinski definition) is 0. The zero-order chi connectivity index (χ0) is 13.7. The molecule has 0 aliphatic rings. The zero-order valence-corrected chi connectivity index (χ0v) is 12.0. The molecule has 0 radical (unpaired) electrons. The van der Waals surface area contributed by atoms with Crippen molar-refractivity contribution in [1.29, 1.82) is 0 Å². The van der Waals surface area contributed by atoms with E-state index in [1.807, 2.05) is 18.2 Å². The molecule has 2 rings (SSSR count). The van der Waals surface area contributed by atoms with E-state index in [1.165, 1.54) is 16.7 Å². The Hall–Kier alpha value is -1.60. The Morgan fingerprint density at radius 2 is 1.53 bits per heavy atom.